The van der Waals surface area contributed by atoms with E-state index in [0.717, 1.165) is 33.8 Å². The first kappa shape index (κ1) is 20.6. The van der Waals surface area contributed by atoms with Gasteiger partial charge in [-0.25, -0.2) is 14.8 Å². The summed E-state index contributed by atoms with van der Waals surface area (Å²) in [6.45, 7) is 4.96. The van der Waals surface area contributed by atoms with E-state index in [-0.39, 0.29) is 6.09 Å². The second-order valence-electron chi connectivity index (χ2n) is 7.67. The van der Waals surface area contributed by atoms with Crippen LogP contribution in [0.4, 0.5) is 10.7 Å². The van der Waals surface area contributed by atoms with Gasteiger partial charge in [0.25, 0.3) is 0 Å². The molecule has 0 N–H and O–H groups in total. The summed E-state index contributed by atoms with van der Waals surface area (Å²) in [4.78, 5) is 25.8. The van der Waals surface area contributed by atoms with E-state index < -0.39 is 0 Å². The smallest absolute Gasteiger partial charge is 0.409 e. The van der Waals surface area contributed by atoms with Crippen molar-refractivity contribution >= 4 is 23.6 Å². The summed E-state index contributed by atoms with van der Waals surface area (Å²) in [6, 6.07) is 15.6. The first-order valence-electron chi connectivity index (χ1n) is 10.7. The summed E-state index contributed by atoms with van der Waals surface area (Å²) in [5.41, 5.74) is 4.51. The van der Waals surface area contributed by atoms with E-state index in [0.29, 0.717) is 50.4 Å². The molecule has 3 heterocycles. The number of benzene rings is 2. The number of rotatable bonds is 3. The predicted octanol–water partition coefficient (Wildman–Crippen LogP) is 4.63. The zero-order chi connectivity index (χ0) is 22.1. The number of ether oxygens (including phenoxy) is 2. The van der Waals surface area contributed by atoms with Crippen LogP contribution in [0.2, 0.25) is 5.02 Å². The van der Waals surface area contributed by atoms with Gasteiger partial charge in [-0.15, -0.1) is 0 Å². The quantitative estimate of drug-likeness (QED) is 0.579. The average Bonchev–Trinajstić information content (AvgIpc) is 2.83. The van der Waals surface area contributed by atoms with Crippen LogP contribution >= 0.6 is 11.6 Å². The van der Waals surface area contributed by atoms with Gasteiger partial charge >= 0.3 is 6.09 Å². The van der Waals surface area contributed by atoms with E-state index in [1.807, 2.05) is 55.5 Å². The minimum Gasteiger partial charge on any atom is -0.488 e. The summed E-state index contributed by atoms with van der Waals surface area (Å²) < 4.78 is 11.1. The maximum Gasteiger partial charge on any atom is 0.409 e. The van der Waals surface area contributed by atoms with Gasteiger partial charge in [-0.05, 0) is 31.2 Å². The van der Waals surface area contributed by atoms with Crippen molar-refractivity contribution in [3.8, 4) is 28.3 Å². The number of aromatic nitrogens is 2. The third-order valence-corrected chi connectivity index (χ3v) is 5.93. The van der Waals surface area contributed by atoms with Crippen molar-refractivity contribution in [1.82, 2.24) is 14.9 Å². The van der Waals surface area contributed by atoms with Crippen LogP contribution < -0.4 is 9.64 Å². The molecule has 0 bridgehead atoms. The lowest BCUT2D eigenvalue weighted by molar-refractivity contribution is 0.105. The normalized spacial score (nSPS) is 14.9. The molecule has 2 aromatic carbocycles. The Labute approximate surface area is 191 Å². The van der Waals surface area contributed by atoms with Crippen molar-refractivity contribution in [2.45, 2.75) is 13.5 Å². The van der Waals surface area contributed by atoms with Crippen LogP contribution in [0.25, 0.3) is 22.5 Å². The molecular weight excluding hydrogens is 428 g/mol. The molecule has 0 radical (unpaired) electrons. The van der Waals surface area contributed by atoms with Gasteiger partial charge < -0.3 is 19.3 Å². The Morgan fingerprint density at radius 3 is 2.62 bits per heavy atom. The van der Waals surface area contributed by atoms with Crippen molar-refractivity contribution in [2.24, 2.45) is 0 Å². The Kier molecular flexibility index (Phi) is 5.57. The lowest BCUT2D eigenvalue weighted by Gasteiger charge is -2.34. The lowest BCUT2D eigenvalue weighted by Crippen LogP contribution is -2.49. The molecule has 8 heteroatoms. The molecule has 164 valence electrons. The fourth-order valence-electron chi connectivity index (χ4n) is 4.09. The standard InChI is InChI=1S/C24H23ClN4O3/c1-2-31-24(30)29-12-10-28(11-13-29)23-26-21(16-6-5-7-17(25)14-16)19-15-32-20-9-4-3-8-18(20)22(19)27-23/h3-9,14H,2,10-13,15H2,1H3. The molecular formula is C24H23ClN4O3. The third-order valence-electron chi connectivity index (χ3n) is 5.70. The molecule has 32 heavy (non-hydrogen) atoms. The Morgan fingerprint density at radius 1 is 1.06 bits per heavy atom. The van der Waals surface area contributed by atoms with E-state index in [1.54, 1.807) is 4.90 Å². The van der Waals surface area contributed by atoms with Gasteiger partial charge in [0, 0.05) is 47.9 Å². The summed E-state index contributed by atoms with van der Waals surface area (Å²) in [5, 5.41) is 0.650. The van der Waals surface area contributed by atoms with Gasteiger partial charge in [-0.3, -0.25) is 0 Å². The predicted molar refractivity (Wildman–Crippen MR) is 123 cm³/mol. The minimum absolute atomic E-state index is 0.274. The molecule has 1 amide bonds. The second kappa shape index (κ2) is 8.67. The number of para-hydroxylation sites is 1. The van der Waals surface area contributed by atoms with Gasteiger partial charge in [0.05, 0.1) is 18.0 Å². The number of hydrogen-bond acceptors (Lipinski definition) is 6. The van der Waals surface area contributed by atoms with E-state index in [1.165, 1.54) is 0 Å². The molecule has 3 aromatic rings. The molecule has 2 aliphatic heterocycles. The van der Waals surface area contributed by atoms with Crippen LogP contribution in [-0.4, -0.2) is 53.7 Å². The highest BCUT2D eigenvalue weighted by atomic mass is 35.5. The van der Waals surface area contributed by atoms with Gasteiger partial charge in [0.1, 0.15) is 12.4 Å². The van der Waals surface area contributed by atoms with Gasteiger partial charge in [0.2, 0.25) is 5.95 Å². The fourth-order valence-corrected chi connectivity index (χ4v) is 4.28. The molecule has 0 saturated carbocycles. The van der Waals surface area contributed by atoms with Crippen molar-refractivity contribution < 1.29 is 14.3 Å². The number of halogens is 1. The number of hydrogen-bond donors (Lipinski definition) is 0. The molecule has 0 aliphatic carbocycles. The first-order chi connectivity index (χ1) is 15.6. The molecule has 7 nitrogen and oxygen atoms in total. The highest BCUT2D eigenvalue weighted by Crippen LogP contribution is 2.40. The number of carbonyl (C=O) groups is 1. The fraction of sp³-hybridized carbons (Fsp3) is 0.292. The van der Waals surface area contributed by atoms with Crippen molar-refractivity contribution in [2.75, 3.05) is 37.7 Å². The maximum absolute atomic E-state index is 12.1. The van der Waals surface area contributed by atoms with Crippen LogP contribution in [0, 0.1) is 0 Å². The summed E-state index contributed by atoms with van der Waals surface area (Å²) in [5.74, 6) is 1.45. The highest BCUT2D eigenvalue weighted by Gasteiger charge is 2.28. The largest absolute Gasteiger partial charge is 0.488 e. The van der Waals surface area contributed by atoms with E-state index in [9.17, 15) is 4.79 Å². The number of carbonyl (C=O) groups excluding carboxylic acids is 1. The monoisotopic (exact) mass is 450 g/mol. The number of anilines is 1. The molecule has 1 aromatic heterocycles. The molecule has 0 spiro atoms. The maximum atomic E-state index is 12.1. The number of piperazine rings is 1. The second-order valence-corrected chi connectivity index (χ2v) is 8.10. The van der Waals surface area contributed by atoms with Gasteiger partial charge in [-0.2, -0.15) is 0 Å². The van der Waals surface area contributed by atoms with Crippen LogP contribution in [-0.2, 0) is 11.3 Å². The number of fused-ring (bicyclic) bond motifs is 3. The van der Waals surface area contributed by atoms with Crippen LogP contribution in [0.3, 0.4) is 0 Å². The Morgan fingerprint density at radius 2 is 1.84 bits per heavy atom. The van der Waals surface area contributed by atoms with Crippen molar-refractivity contribution in [1.29, 1.82) is 0 Å². The molecule has 1 saturated heterocycles. The summed E-state index contributed by atoms with van der Waals surface area (Å²) >= 11 is 6.28. The van der Waals surface area contributed by atoms with E-state index in [2.05, 4.69) is 4.90 Å². The Bertz CT molecular complexity index is 1160. The zero-order valence-electron chi connectivity index (χ0n) is 17.8. The Hall–Kier alpha value is -3.32. The van der Waals surface area contributed by atoms with Gasteiger partial charge in [-0.1, -0.05) is 35.9 Å². The van der Waals surface area contributed by atoms with Crippen LogP contribution in [0.5, 0.6) is 5.75 Å². The average molecular weight is 451 g/mol. The van der Waals surface area contributed by atoms with Crippen LogP contribution in [0.1, 0.15) is 12.5 Å². The summed E-state index contributed by atoms with van der Waals surface area (Å²) in [6.07, 6.45) is -0.274. The van der Waals surface area contributed by atoms with E-state index in [4.69, 9.17) is 31.0 Å². The molecule has 1 fully saturated rings. The van der Waals surface area contributed by atoms with E-state index >= 15 is 0 Å². The van der Waals surface area contributed by atoms with Crippen molar-refractivity contribution in [3.05, 3.63) is 59.1 Å². The molecule has 0 atom stereocenters. The minimum atomic E-state index is -0.274. The Balaban J connectivity index is 1.55. The lowest BCUT2D eigenvalue weighted by atomic mass is 9.98. The molecule has 2 aliphatic rings. The summed E-state index contributed by atoms with van der Waals surface area (Å²) in [7, 11) is 0. The highest BCUT2D eigenvalue weighted by molar-refractivity contribution is 6.30. The molecule has 5 rings (SSSR count). The number of nitrogens with zero attached hydrogens (tertiary/aromatic N) is 4. The van der Waals surface area contributed by atoms with Crippen molar-refractivity contribution in [3.63, 3.8) is 0 Å². The topological polar surface area (TPSA) is 67.8 Å². The zero-order valence-corrected chi connectivity index (χ0v) is 18.5. The molecule has 0 unspecified atom stereocenters. The first-order valence-corrected chi connectivity index (χ1v) is 11.1. The number of amides is 1. The van der Waals surface area contributed by atoms with Gasteiger partial charge in [0.15, 0.2) is 0 Å². The SMILES string of the molecule is CCOC(=O)N1CCN(c2nc(-c3cccc(Cl)c3)c3c(n2)-c2ccccc2OC3)CC1. The third kappa shape index (κ3) is 3.84. The van der Waals surface area contributed by atoms with Crippen LogP contribution in [0.15, 0.2) is 48.5 Å².